The Labute approximate surface area is 115 Å². The fourth-order valence-electron chi connectivity index (χ4n) is 1.68. The van der Waals surface area contributed by atoms with E-state index in [1.165, 1.54) is 0 Å². The van der Waals surface area contributed by atoms with E-state index in [9.17, 15) is 23.2 Å². The van der Waals surface area contributed by atoms with Crippen molar-refractivity contribution in [2.24, 2.45) is 0 Å². The Hall–Kier alpha value is -2.28. The number of benzene rings is 1. The minimum atomic E-state index is -1.19. The minimum absolute atomic E-state index is 0.343. The van der Waals surface area contributed by atoms with Crippen LogP contribution in [0.3, 0.4) is 0 Å². The molecule has 0 fully saturated rings. The van der Waals surface area contributed by atoms with Crippen LogP contribution in [0.2, 0.25) is 5.02 Å². The number of aromatic nitrogens is 2. The van der Waals surface area contributed by atoms with Gasteiger partial charge in [-0.15, -0.1) is 0 Å². The Kier molecular flexibility index (Phi) is 3.54. The molecule has 0 amide bonds. The average Bonchev–Trinajstić information content (AvgIpc) is 2.31. The first-order valence-electron chi connectivity index (χ1n) is 5.33. The fourth-order valence-corrected chi connectivity index (χ4v) is 1.96. The van der Waals surface area contributed by atoms with E-state index >= 15 is 0 Å². The molecule has 0 aliphatic carbocycles. The molecule has 1 aromatic heterocycles. The van der Waals surface area contributed by atoms with Gasteiger partial charge in [0.05, 0.1) is 10.6 Å². The number of carbonyl (C=O) groups is 1. The Morgan fingerprint density at radius 3 is 2.50 bits per heavy atom. The van der Waals surface area contributed by atoms with Gasteiger partial charge in [0.25, 0.3) is 5.56 Å². The van der Waals surface area contributed by atoms with Crippen molar-refractivity contribution in [3.8, 4) is 5.69 Å². The summed E-state index contributed by atoms with van der Waals surface area (Å²) in [6.07, 6.45) is 0.929. The molecule has 1 aromatic carbocycles. The van der Waals surface area contributed by atoms with Gasteiger partial charge in [-0.25, -0.2) is 18.1 Å². The van der Waals surface area contributed by atoms with Gasteiger partial charge in [0, 0.05) is 12.3 Å². The number of nitrogens with one attached hydrogen (secondary N) is 1. The third kappa shape index (κ3) is 2.27. The van der Waals surface area contributed by atoms with Crippen molar-refractivity contribution < 1.29 is 13.6 Å². The second kappa shape index (κ2) is 5.01. The van der Waals surface area contributed by atoms with Crippen molar-refractivity contribution in [2.75, 3.05) is 0 Å². The Morgan fingerprint density at radius 2 is 1.95 bits per heavy atom. The van der Waals surface area contributed by atoms with Crippen molar-refractivity contribution in [1.82, 2.24) is 9.55 Å². The normalized spacial score (nSPS) is 10.6. The summed E-state index contributed by atoms with van der Waals surface area (Å²) >= 11 is 5.67. The molecular formula is C12H7ClF2N2O3. The number of hydrogen-bond acceptors (Lipinski definition) is 3. The lowest BCUT2D eigenvalue weighted by atomic mass is 10.2. The topological polar surface area (TPSA) is 71.9 Å². The molecule has 0 bridgehead atoms. The largest absolute Gasteiger partial charge is 0.333 e. The summed E-state index contributed by atoms with van der Waals surface area (Å²) in [4.78, 5) is 37.1. The van der Waals surface area contributed by atoms with Crippen LogP contribution in [0.4, 0.5) is 8.78 Å². The second-order valence-corrected chi connectivity index (χ2v) is 4.33. The van der Waals surface area contributed by atoms with E-state index in [-0.39, 0.29) is 5.56 Å². The summed E-state index contributed by atoms with van der Waals surface area (Å²) in [6.45, 7) is 1.11. The van der Waals surface area contributed by atoms with E-state index in [1.807, 2.05) is 0 Å². The van der Waals surface area contributed by atoms with Gasteiger partial charge < -0.3 is 4.98 Å². The third-order valence-electron chi connectivity index (χ3n) is 2.56. The Bertz CT molecular complexity index is 803. The maximum atomic E-state index is 13.8. The predicted molar refractivity (Wildman–Crippen MR) is 67.6 cm³/mol. The number of Topliss-reactive ketones (excluding diaryl/α,β-unsaturated/α-hetero) is 1. The molecule has 1 heterocycles. The highest BCUT2D eigenvalue weighted by molar-refractivity contribution is 6.32. The molecule has 0 atom stereocenters. The fraction of sp³-hybridized carbons (Fsp3) is 0.0833. The first kappa shape index (κ1) is 14.1. The van der Waals surface area contributed by atoms with Gasteiger partial charge in [-0.2, -0.15) is 0 Å². The molecular weight excluding hydrogens is 294 g/mol. The van der Waals surface area contributed by atoms with E-state index in [0.717, 1.165) is 19.2 Å². The van der Waals surface area contributed by atoms with Gasteiger partial charge in [-0.05, 0) is 13.0 Å². The molecule has 5 nitrogen and oxygen atoms in total. The van der Waals surface area contributed by atoms with Crippen molar-refractivity contribution >= 4 is 17.4 Å². The van der Waals surface area contributed by atoms with E-state index in [1.54, 1.807) is 0 Å². The van der Waals surface area contributed by atoms with E-state index in [2.05, 4.69) is 4.98 Å². The molecule has 0 aliphatic rings. The molecule has 8 heteroatoms. The van der Waals surface area contributed by atoms with Crippen LogP contribution in [0.15, 0.2) is 27.9 Å². The van der Waals surface area contributed by atoms with Crippen LogP contribution >= 0.6 is 11.6 Å². The first-order valence-corrected chi connectivity index (χ1v) is 5.71. The summed E-state index contributed by atoms with van der Waals surface area (Å²) in [5, 5.41) is -0.462. The van der Waals surface area contributed by atoms with Gasteiger partial charge >= 0.3 is 5.69 Å². The number of carbonyl (C=O) groups excluding carboxylic acids is 1. The standard InChI is InChI=1S/C12H7ClF2N2O3/c1-5(18)7-4-16-12(20)17(11(7)19)10-8(13)2-6(14)3-9(10)15/h2-4H,1H3,(H,16,20). The van der Waals surface area contributed by atoms with Crippen molar-refractivity contribution in [1.29, 1.82) is 0 Å². The minimum Gasteiger partial charge on any atom is -0.313 e. The molecule has 0 radical (unpaired) electrons. The quantitative estimate of drug-likeness (QED) is 0.857. The lowest BCUT2D eigenvalue weighted by molar-refractivity contribution is 0.101. The molecule has 104 valence electrons. The van der Waals surface area contributed by atoms with E-state index in [4.69, 9.17) is 11.6 Å². The third-order valence-corrected chi connectivity index (χ3v) is 2.85. The van der Waals surface area contributed by atoms with Gasteiger partial charge in [0.2, 0.25) is 0 Å². The molecule has 0 aliphatic heterocycles. The number of ketones is 1. The Balaban J connectivity index is 2.91. The number of hydrogen-bond donors (Lipinski definition) is 1. The smallest absolute Gasteiger partial charge is 0.313 e. The van der Waals surface area contributed by atoms with E-state index < -0.39 is 39.4 Å². The predicted octanol–water partition coefficient (Wildman–Crippen LogP) is 1.66. The van der Waals surface area contributed by atoms with Crippen LogP contribution in [0, 0.1) is 11.6 Å². The van der Waals surface area contributed by atoms with Gasteiger partial charge in [-0.3, -0.25) is 9.59 Å². The Morgan fingerprint density at radius 1 is 1.30 bits per heavy atom. The maximum absolute atomic E-state index is 13.8. The average molecular weight is 301 g/mol. The van der Waals surface area contributed by atoms with Crippen molar-refractivity contribution in [2.45, 2.75) is 6.92 Å². The summed E-state index contributed by atoms with van der Waals surface area (Å²) in [5.41, 5.74) is -2.98. The van der Waals surface area contributed by atoms with Gasteiger partial charge in [0.15, 0.2) is 11.6 Å². The lowest BCUT2D eigenvalue weighted by Gasteiger charge is -2.09. The molecule has 1 N–H and O–H groups in total. The monoisotopic (exact) mass is 300 g/mol. The zero-order valence-electron chi connectivity index (χ0n) is 10.0. The lowest BCUT2D eigenvalue weighted by Crippen LogP contribution is -2.37. The molecule has 2 rings (SSSR count). The van der Waals surface area contributed by atoms with Gasteiger partial charge in [0.1, 0.15) is 11.5 Å². The summed E-state index contributed by atoms with van der Waals surface area (Å²) in [6, 6.07) is 1.24. The van der Waals surface area contributed by atoms with Crippen LogP contribution in [0.1, 0.15) is 17.3 Å². The number of aromatic amines is 1. The van der Waals surface area contributed by atoms with Crippen LogP contribution in [0.25, 0.3) is 5.69 Å². The molecule has 0 saturated heterocycles. The van der Waals surface area contributed by atoms with Crippen molar-refractivity contribution in [3.05, 3.63) is 61.4 Å². The maximum Gasteiger partial charge on any atom is 0.333 e. The van der Waals surface area contributed by atoms with E-state index in [0.29, 0.717) is 10.6 Å². The van der Waals surface area contributed by atoms with Crippen LogP contribution < -0.4 is 11.2 Å². The molecule has 0 unspecified atom stereocenters. The number of H-pyrrole nitrogens is 1. The molecule has 2 aromatic rings. The van der Waals surface area contributed by atoms with Crippen molar-refractivity contribution in [3.63, 3.8) is 0 Å². The van der Waals surface area contributed by atoms with Crippen LogP contribution in [-0.2, 0) is 0 Å². The molecule has 0 spiro atoms. The highest BCUT2D eigenvalue weighted by Crippen LogP contribution is 2.22. The number of halogens is 3. The van der Waals surface area contributed by atoms with Gasteiger partial charge in [-0.1, -0.05) is 11.6 Å². The highest BCUT2D eigenvalue weighted by atomic mass is 35.5. The number of nitrogens with zero attached hydrogens (tertiary/aromatic N) is 1. The van der Waals surface area contributed by atoms with Crippen LogP contribution in [0.5, 0.6) is 0 Å². The second-order valence-electron chi connectivity index (χ2n) is 3.92. The summed E-state index contributed by atoms with van der Waals surface area (Å²) < 4.78 is 27.1. The highest BCUT2D eigenvalue weighted by Gasteiger charge is 2.19. The molecule has 20 heavy (non-hydrogen) atoms. The SMILES string of the molecule is CC(=O)c1c[nH]c(=O)n(-c2c(F)cc(F)cc2Cl)c1=O. The zero-order chi connectivity index (χ0) is 15.0. The van der Waals surface area contributed by atoms with Crippen LogP contribution in [-0.4, -0.2) is 15.3 Å². The zero-order valence-corrected chi connectivity index (χ0v) is 10.8. The first-order chi connectivity index (χ1) is 9.32. The summed E-state index contributed by atoms with van der Waals surface area (Å²) in [7, 11) is 0. The molecule has 0 saturated carbocycles. The number of rotatable bonds is 2. The summed E-state index contributed by atoms with van der Waals surface area (Å²) in [5.74, 6) is -2.76.